The third kappa shape index (κ3) is 4.91. The Kier molecular flexibility index (Phi) is 6.03. The Hall–Kier alpha value is -2.04. The Morgan fingerprint density at radius 1 is 1.30 bits per heavy atom. The van der Waals surface area contributed by atoms with Crippen LogP contribution in [0.25, 0.3) is 0 Å². The molecule has 0 aliphatic heterocycles. The van der Waals surface area contributed by atoms with Crippen molar-refractivity contribution >= 4 is 17.6 Å². The van der Waals surface area contributed by atoms with Crippen molar-refractivity contribution in [2.45, 2.75) is 26.7 Å². The fourth-order valence-electron chi connectivity index (χ4n) is 1.63. The lowest BCUT2D eigenvalue weighted by Crippen LogP contribution is -2.27. The number of hydrogen-bond donors (Lipinski definition) is 1. The first-order valence-electron chi connectivity index (χ1n) is 6.65. The standard InChI is InChI=1S/C15H21NO4/c1-4-11(2)9-14(17)16(3)12-5-7-13(8-6-12)20-10-15(18)19/h5-8,11H,4,9-10H2,1-3H3,(H,18,19). The fourth-order valence-corrected chi connectivity index (χ4v) is 1.63. The van der Waals surface area contributed by atoms with Crippen molar-refractivity contribution in [3.05, 3.63) is 24.3 Å². The third-order valence-electron chi connectivity index (χ3n) is 3.18. The van der Waals surface area contributed by atoms with Gasteiger partial charge in [0.15, 0.2) is 6.61 Å². The van der Waals surface area contributed by atoms with E-state index in [1.54, 1.807) is 36.2 Å². The van der Waals surface area contributed by atoms with Crippen LogP contribution in [0.4, 0.5) is 5.69 Å². The molecular formula is C15H21NO4. The zero-order valence-electron chi connectivity index (χ0n) is 12.1. The predicted molar refractivity (Wildman–Crippen MR) is 77.1 cm³/mol. The first kappa shape index (κ1) is 16.0. The average molecular weight is 279 g/mol. The van der Waals surface area contributed by atoms with Gasteiger partial charge in [-0.25, -0.2) is 4.79 Å². The predicted octanol–water partition coefficient (Wildman–Crippen LogP) is 2.55. The molecule has 0 fully saturated rings. The second kappa shape index (κ2) is 7.53. The summed E-state index contributed by atoms with van der Waals surface area (Å²) in [7, 11) is 1.73. The summed E-state index contributed by atoms with van der Waals surface area (Å²) >= 11 is 0. The van der Waals surface area contributed by atoms with E-state index in [9.17, 15) is 9.59 Å². The number of amides is 1. The number of hydrogen-bond acceptors (Lipinski definition) is 3. The third-order valence-corrected chi connectivity index (χ3v) is 3.18. The van der Waals surface area contributed by atoms with Crippen LogP contribution in [-0.4, -0.2) is 30.6 Å². The molecule has 0 saturated carbocycles. The molecule has 20 heavy (non-hydrogen) atoms. The minimum absolute atomic E-state index is 0.0681. The van der Waals surface area contributed by atoms with Crippen LogP contribution in [0.15, 0.2) is 24.3 Å². The van der Waals surface area contributed by atoms with Gasteiger partial charge in [-0.2, -0.15) is 0 Å². The van der Waals surface area contributed by atoms with Crippen molar-refractivity contribution in [3.63, 3.8) is 0 Å². The summed E-state index contributed by atoms with van der Waals surface area (Å²) in [6.07, 6.45) is 1.49. The van der Waals surface area contributed by atoms with Crippen LogP contribution in [0.5, 0.6) is 5.75 Å². The van der Waals surface area contributed by atoms with Crippen LogP contribution >= 0.6 is 0 Å². The maximum absolute atomic E-state index is 12.0. The van der Waals surface area contributed by atoms with Crippen LogP contribution in [-0.2, 0) is 9.59 Å². The number of aliphatic carboxylic acids is 1. The van der Waals surface area contributed by atoms with Gasteiger partial charge in [-0.05, 0) is 30.2 Å². The number of carbonyl (C=O) groups is 2. The zero-order valence-corrected chi connectivity index (χ0v) is 12.1. The molecule has 1 N–H and O–H groups in total. The number of nitrogens with zero attached hydrogens (tertiary/aromatic N) is 1. The molecule has 1 amide bonds. The second-order valence-electron chi connectivity index (χ2n) is 4.85. The first-order valence-corrected chi connectivity index (χ1v) is 6.65. The lowest BCUT2D eigenvalue weighted by molar-refractivity contribution is -0.139. The van der Waals surface area contributed by atoms with Crippen molar-refractivity contribution in [1.82, 2.24) is 0 Å². The molecule has 0 heterocycles. The van der Waals surface area contributed by atoms with Gasteiger partial charge in [0.2, 0.25) is 5.91 Å². The maximum Gasteiger partial charge on any atom is 0.341 e. The normalized spacial score (nSPS) is 11.8. The summed E-state index contributed by atoms with van der Waals surface area (Å²) in [6.45, 7) is 3.74. The molecule has 1 aromatic carbocycles. The molecule has 5 nitrogen and oxygen atoms in total. The number of anilines is 1. The number of carboxylic acid groups (broad SMARTS) is 1. The number of ether oxygens (including phenoxy) is 1. The monoisotopic (exact) mass is 279 g/mol. The van der Waals surface area contributed by atoms with Crippen molar-refractivity contribution < 1.29 is 19.4 Å². The minimum Gasteiger partial charge on any atom is -0.482 e. The molecule has 0 saturated heterocycles. The zero-order chi connectivity index (χ0) is 15.1. The second-order valence-corrected chi connectivity index (χ2v) is 4.85. The highest BCUT2D eigenvalue weighted by Crippen LogP contribution is 2.20. The number of benzene rings is 1. The van der Waals surface area contributed by atoms with E-state index < -0.39 is 5.97 Å². The summed E-state index contributed by atoms with van der Waals surface area (Å²) in [4.78, 5) is 24.0. The molecule has 110 valence electrons. The molecule has 1 atom stereocenters. The molecule has 5 heteroatoms. The number of carbonyl (C=O) groups excluding carboxylic acids is 1. The van der Waals surface area contributed by atoms with Gasteiger partial charge >= 0.3 is 5.97 Å². The van der Waals surface area contributed by atoms with Crippen molar-refractivity contribution in [3.8, 4) is 5.75 Å². The van der Waals surface area contributed by atoms with Crippen LogP contribution in [0.3, 0.4) is 0 Å². The van der Waals surface area contributed by atoms with Crippen molar-refractivity contribution in [2.24, 2.45) is 5.92 Å². The molecule has 1 rings (SSSR count). The molecule has 0 aliphatic carbocycles. The molecule has 0 aliphatic rings. The summed E-state index contributed by atoms with van der Waals surface area (Å²) in [5, 5.41) is 8.52. The average Bonchev–Trinajstić information content (AvgIpc) is 2.44. The summed E-state index contributed by atoms with van der Waals surface area (Å²) in [5.74, 6) is -0.115. The van der Waals surface area contributed by atoms with Gasteiger partial charge in [0.25, 0.3) is 0 Å². The highest BCUT2D eigenvalue weighted by Gasteiger charge is 2.13. The summed E-state index contributed by atoms with van der Waals surface area (Å²) in [6, 6.07) is 6.80. The molecule has 0 aromatic heterocycles. The summed E-state index contributed by atoms with van der Waals surface area (Å²) < 4.78 is 5.04. The number of carboxylic acids is 1. The molecule has 1 unspecified atom stereocenters. The van der Waals surface area contributed by atoms with E-state index in [4.69, 9.17) is 9.84 Å². The molecule has 0 radical (unpaired) electrons. The molecular weight excluding hydrogens is 258 g/mol. The smallest absolute Gasteiger partial charge is 0.341 e. The minimum atomic E-state index is -1.02. The van der Waals surface area contributed by atoms with Crippen molar-refractivity contribution in [1.29, 1.82) is 0 Å². The SMILES string of the molecule is CCC(C)CC(=O)N(C)c1ccc(OCC(=O)O)cc1. The van der Waals surface area contributed by atoms with E-state index >= 15 is 0 Å². The lowest BCUT2D eigenvalue weighted by Gasteiger charge is -2.19. The van der Waals surface area contributed by atoms with E-state index in [1.165, 1.54) is 0 Å². The van der Waals surface area contributed by atoms with Gasteiger partial charge in [-0.1, -0.05) is 20.3 Å². The lowest BCUT2D eigenvalue weighted by atomic mass is 10.0. The van der Waals surface area contributed by atoms with Gasteiger partial charge < -0.3 is 14.7 Å². The Balaban J connectivity index is 2.63. The molecule has 0 spiro atoms. The molecule has 1 aromatic rings. The topological polar surface area (TPSA) is 66.8 Å². The van der Waals surface area contributed by atoms with E-state index in [2.05, 4.69) is 13.8 Å². The Bertz CT molecular complexity index is 455. The highest BCUT2D eigenvalue weighted by molar-refractivity contribution is 5.92. The van der Waals surface area contributed by atoms with Gasteiger partial charge in [0.05, 0.1) is 0 Å². The fraction of sp³-hybridized carbons (Fsp3) is 0.467. The van der Waals surface area contributed by atoms with Gasteiger partial charge in [0, 0.05) is 19.2 Å². The van der Waals surface area contributed by atoms with E-state index in [-0.39, 0.29) is 12.5 Å². The van der Waals surface area contributed by atoms with E-state index in [0.717, 1.165) is 12.1 Å². The van der Waals surface area contributed by atoms with Crippen LogP contribution in [0.2, 0.25) is 0 Å². The van der Waals surface area contributed by atoms with Crippen LogP contribution < -0.4 is 9.64 Å². The summed E-state index contributed by atoms with van der Waals surface area (Å²) in [5.41, 5.74) is 0.765. The van der Waals surface area contributed by atoms with Gasteiger partial charge in [0.1, 0.15) is 5.75 Å². The Morgan fingerprint density at radius 2 is 1.90 bits per heavy atom. The van der Waals surface area contributed by atoms with E-state index in [1.807, 2.05) is 0 Å². The Morgan fingerprint density at radius 3 is 2.40 bits per heavy atom. The van der Waals surface area contributed by atoms with Gasteiger partial charge in [-0.3, -0.25) is 4.79 Å². The maximum atomic E-state index is 12.0. The van der Waals surface area contributed by atoms with Crippen molar-refractivity contribution in [2.75, 3.05) is 18.6 Å². The van der Waals surface area contributed by atoms with Crippen LogP contribution in [0.1, 0.15) is 26.7 Å². The van der Waals surface area contributed by atoms with E-state index in [0.29, 0.717) is 18.1 Å². The Labute approximate surface area is 119 Å². The molecule has 0 bridgehead atoms. The largest absolute Gasteiger partial charge is 0.482 e. The number of rotatable bonds is 7. The van der Waals surface area contributed by atoms with Crippen LogP contribution in [0, 0.1) is 5.92 Å². The quantitative estimate of drug-likeness (QED) is 0.833. The highest BCUT2D eigenvalue weighted by atomic mass is 16.5. The van der Waals surface area contributed by atoms with Gasteiger partial charge in [-0.15, -0.1) is 0 Å². The first-order chi connectivity index (χ1) is 9.43.